The van der Waals surface area contributed by atoms with Gasteiger partial charge in [-0.1, -0.05) is 41.6 Å². The Morgan fingerprint density at radius 2 is 1.83 bits per heavy atom. The van der Waals surface area contributed by atoms with Gasteiger partial charge in [-0.3, -0.25) is 4.79 Å². The van der Waals surface area contributed by atoms with Crippen LogP contribution in [0.4, 0.5) is 0 Å². The van der Waals surface area contributed by atoms with E-state index in [2.05, 4.69) is 41.2 Å². The molecule has 0 spiro atoms. The van der Waals surface area contributed by atoms with Crippen molar-refractivity contribution in [2.75, 3.05) is 12.3 Å². The van der Waals surface area contributed by atoms with E-state index in [1.165, 1.54) is 22.9 Å². The first-order valence-electron chi connectivity index (χ1n) is 8.34. The normalized spacial score (nSPS) is 17.3. The van der Waals surface area contributed by atoms with Gasteiger partial charge >= 0.3 is 0 Å². The van der Waals surface area contributed by atoms with E-state index in [0.29, 0.717) is 10.9 Å². The summed E-state index contributed by atoms with van der Waals surface area (Å²) in [5.41, 5.74) is 4.36. The van der Waals surface area contributed by atoms with Crippen LogP contribution in [0.5, 0.6) is 0 Å². The number of rotatable bonds is 4. The van der Waals surface area contributed by atoms with Crippen LogP contribution in [0.1, 0.15) is 41.4 Å². The summed E-state index contributed by atoms with van der Waals surface area (Å²) in [6.07, 6.45) is 2.11. The maximum absolute atomic E-state index is 12.7. The highest BCUT2D eigenvalue weighted by atomic mass is 32.2. The molecule has 126 valence electrons. The molecule has 2 aromatic rings. The highest BCUT2D eigenvalue weighted by Gasteiger charge is 2.29. The molecule has 4 nitrogen and oxygen atoms in total. The van der Waals surface area contributed by atoms with Gasteiger partial charge in [0.05, 0.1) is 11.8 Å². The third kappa shape index (κ3) is 3.96. The molecule has 1 aromatic heterocycles. The van der Waals surface area contributed by atoms with Crippen LogP contribution in [0.2, 0.25) is 0 Å². The number of aromatic nitrogens is 2. The Labute approximate surface area is 147 Å². The zero-order valence-electron chi connectivity index (χ0n) is 14.5. The summed E-state index contributed by atoms with van der Waals surface area (Å²) in [6.45, 7) is 6.83. The second kappa shape index (κ2) is 7.34. The van der Waals surface area contributed by atoms with Gasteiger partial charge in [0.25, 0.3) is 0 Å². The number of amides is 1. The molecule has 1 atom stereocenters. The molecule has 0 saturated carbocycles. The average Bonchev–Trinajstić information content (AvgIpc) is 3.02. The van der Waals surface area contributed by atoms with E-state index in [0.717, 1.165) is 30.8 Å². The van der Waals surface area contributed by atoms with Crippen molar-refractivity contribution in [3.05, 3.63) is 52.8 Å². The van der Waals surface area contributed by atoms with Crippen molar-refractivity contribution in [1.82, 2.24) is 14.9 Å². The van der Waals surface area contributed by atoms with Gasteiger partial charge < -0.3 is 4.90 Å². The van der Waals surface area contributed by atoms with E-state index in [4.69, 9.17) is 0 Å². The van der Waals surface area contributed by atoms with Gasteiger partial charge in [0.2, 0.25) is 5.91 Å². The van der Waals surface area contributed by atoms with Crippen molar-refractivity contribution < 1.29 is 4.79 Å². The van der Waals surface area contributed by atoms with Crippen LogP contribution in [0.15, 0.2) is 35.5 Å². The predicted octanol–water partition coefficient (Wildman–Crippen LogP) is 3.86. The first kappa shape index (κ1) is 17.0. The lowest BCUT2D eigenvalue weighted by atomic mass is 10.0. The minimum absolute atomic E-state index is 0.172. The summed E-state index contributed by atoms with van der Waals surface area (Å²) in [7, 11) is 0. The summed E-state index contributed by atoms with van der Waals surface area (Å²) in [6, 6.07) is 10.7. The number of carbonyl (C=O) groups excluding carboxylic acids is 1. The van der Waals surface area contributed by atoms with Crippen LogP contribution in [-0.4, -0.2) is 33.1 Å². The Kier molecular flexibility index (Phi) is 5.19. The molecule has 1 saturated heterocycles. The maximum Gasteiger partial charge on any atom is 0.233 e. The number of likely N-dealkylation sites (tertiary alicyclic amines) is 1. The van der Waals surface area contributed by atoms with E-state index in [-0.39, 0.29) is 11.9 Å². The van der Waals surface area contributed by atoms with Gasteiger partial charge in [-0.15, -0.1) is 0 Å². The topological polar surface area (TPSA) is 46.1 Å². The minimum atomic E-state index is 0.172. The summed E-state index contributed by atoms with van der Waals surface area (Å²) in [4.78, 5) is 23.5. The van der Waals surface area contributed by atoms with E-state index in [9.17, 15) is 4.79 Å². The summed E-state index contributed by atoms with van der Waals surface area (Å²) >= 11 is 1.43. The number of aryl methyl sites for hydroxylation is 3. The molecule has 24 heavy (non-hydrogen) atoms. The third-order valence-electron chi connectivity index (χ3n) is 4.32. The Morgan fingerprint density at radius 3 is 2.50 bits per heavy atom. The van der Waals surface area contributed by atoms with Crippen molar-refractivity contribution in [3.63, 3.8) is 0 Å². The van der Waals surface area contributed by atoms with Crippen LogP contribution in [-0.2, 0) is 4.79 Å². The molecule has 2 heterocycles. The number of benzene rings is 1. The molecule has 3 rings (SSSR count). The van der Waals surface area contributed by atoms with E-state index in [1.807, 2.05) is 24.8 Å². The van der Waals surface area contributed by atoms with Crippen molar-refractivity contribution in [1.29, 1.82) is 0 Å². The van der Waals surface area contributed by atoms with Gasteiger partial charge in [0.1, 0.15) is 0 Å². The maximum atomic E-state index is 12.7. The fourth-order valence-corrected chi connectivity index (χ4v) is 4.00. The molecule has 1 aliphatic heterocycles. The first-order valence-corrected chi connectivity index (χ1v) is 9.32. The van der Waals surface area contributed by atoms with E-state index >= 15 is 0 Å². The number of thioether (sulfide) groups is 1. The Bertz CT molecular complexity index is 710. The van der Waals surface area contributed by atoms with Crippen molar-refractivity contribution in [2.45, 2.75) is 44.8 Å². The lowest BCUT2D eigenvalue weighted by Gasteiger charge is -2.25. The van der Waals surface area contributed by atoms with Gasteiger partial charge in [-0.05, 0) is 45.2 Å². The summed E-state index contributed by atoms with van der Waals surface area (Å²) in [5, 5.41) is 0.687. The number of carbonyl (C=O) groups is 1. The smallest absolute Gasteiger partial charge is 0.233 e. The monoisotopic (exact) mass is 341 g/mol. The quantitative estimate of drug-likeness (QED) is 0.626. The SMILES string of the molecule is Cc1ccc(C2CCCN2C(=O)CSc2nc(C)cc(C)n2)cc1. The van der Waals surface area contributed by atoms with Crippen molar-refractivity contribution in [2.24, 2.45) is 0 Å². The molecule has 5 heteroatoms. The lowest BCUT2D eigenvalue weighted by molar-refractivity contribution is -0.129. The van der Waals surface area contributed by atoms with Crippen LogP contribution >= 0.6 is 11.8 Å². The predicted molar refractivity (Wildman–Crippen MR) is 97.1 cm³/mol. The van der Waals surface area contributed by atoms with Gasteiger partial charge in [0, 0.05) is 17.9 Å². The van der Waals surface area contributed by atoms with Crippen LogP contribution in [0.25, 0.3) is 0 Å². The Morgan fingerprint density at radius 1 is 1.17 bits per heavy atom. The molecular weight excluding hydrogens is 318 g/mol. The van der Waals surface area contributed by atoms with Gasteiger partial charge in [-0.25, -0.2) is 9.97 Å². The fraction of sp³-hybridized carbons (Fsp3) is 0.421. The summed E-state index contributed by atoms with van der Waals surface area (Å²) in [5.74, 6) is 0.566. The van der Waals surface area contributed by atoms with Gasteiger partial charge in [-0.2, -0.15) is 0 Å². The molecule has 1 aromatic carbocycles. The van der Waals surface area contributed by atoms with Gasteiger partial charge in [0.15, 0.2) is 5.16 Å². The fourth-order valence-electron chi connectivity index (χ4n) is 3.17. The second-order valence-corrected chi connectivity index (χ2v) is 7.32. The number of nitrogens with zero attached hydrogens (tertiary/aromatic N) is 3. The Hall–Kier alpha value is -1.88. The highest BCUT2D eigenvalue weighted by molar-refractivity contribution is 7.99. The lowest BCUT2D eigenvalue weighted by Crippen LogP contribution is -2.32. The minimum Gasteiger partial charge on any atom is -0.335 e. The standard InChI is InChI=1S/C19H23N3OS/c1-13-6-8-16(9-7-13)17-5-4-10-22(17)18(23)12-24-19-20-14(2)11-15(3)21-19/h6-9,11,17H,4-5,10,12H2,1-3H3. The van der Waals surface area contributed by atoms with Crippen molar-refractivity contribution in [3.8, 4) is 0 Å². The van der Waals surface area contributed by atoms with Crippen molar-refractivity contribution >= 4 is 17.7 Å². The third-order valence-corrected chi connectivity index (χ3v) is 5.15. The molecule has 0 aliphatic carbocycles. The number of hydrogen-bond donors (Lipinski definition) is 0. The molecule has 1 aliphatic rings. The molecule has 0 bridgehead atoms. The molecular formula is C19H23N3OS. The largest absolute Gasteiger partial charge is 0.335 e. The first-order chi connectivity index (χ1) is 11.5. The van der Waals surface area contributed by atoms with Crippen LogP contribution < -0.4 is 0 Å². The average molecular weight is 341 g/mol. The zero-order chi connectivity index (χ0) is 17.1. The van der Waals surface area contributed by atoms with E-state index in [1.54, 1.807) is 0 Å². The molecule has 1 amide bonds. The zero-order valence-corrected chi connectivity index (χ0v) is 15.3. The van der Waals surface area contributed by atoms with Crippen LogP contribution in [0, 0.1) is 20.8 Å². The molecule has 0 radical (unpaired) electrons. The highest BCUT2D eigenvalue weighted by Crippen LogP contribution is 2.32. The summed E-state index contributed by atoms with van der Waals surface area (Å²) < 4.78 is 0. The Balaban J connectivity index is 1.66. The molecule has 0 N–H and O–H groups in total. The second-order valence-electron chi connectivity index (χ2n) is 6.38. The molecule has 1 fully saturated rings. The van der Waals surface area contributed by atoms with Crippen LogP contribution in [0.3, 0.4) is 0 Å². The number of hydrogen-bond acceptors (Lipinski definition) is 4. The van der Waals surface area contributed by atoms with E-state index < -0.39 is 0 Å². The molecule has 1 unspecified atom stereocenters.